The Morgan fingerprint density at radius 2 is 2.38 bits per heavy atom. The number of thioether (sulfide) groups is 1. The fourth-order valence-electron chi connectivity index (χ4n) is 2.60. The Hall–Kier alpha value is -1.27. The van der Waals surface area contributed by atoms with Crippen molar-refractivity contribution in [3.8, 4) is 0 Å². The highest BCUT2D eigenvalue weighted by Crippen LogP contribution is 2.20. The van der Waals surface area contributed by atoms with Crippen LogP contribution in [0, 0.1) is 11.7 Å². The van der Waals surface area contributed by atoms with Gasteiger partial charge in [-0.25, -0.2) is 4.39 Å². The third kappa shape index (κ3) is 4.89. The minimum atomic E-state index is -0.459. The maximum atomic E-state index is 13.5. The second-order valence-electron chi connectivity index (χ2n) is 5.45. The van der Waals surface area contributed by atoms with Crippen LogP contribution in [0.15, 0.2) is 18.2 Å². The van der Waals surface area contributed by atoms with Crippen LogP contribution in [0.3, 0.4) is 0 Å². The van der Waals surface area contributed by atoms with E-state index >= 15 is 0 Å². The molecule has 1 aliphatic heterocycles. The molecule has 1 aromatic rings. The van der Waals surface area contributed by atoms with E-state index in [0.29, 0.717) is 12.1 Å². The van der Waals surface area contributed by atoms with Gasteiger partial charge in [0.1, 0.15) is 5.82 Å². The summed E-state index contributed by atoms with van der Waals surface area (Å²) >= 11 is 1.87. The van der Waals surface area contributed by atoms with Gasteiger partial charge < -0.3 is 16.0 Å². The van der Waals surface area contributed by atoms with Gasteiger partial charge in [0.15, 0.2) is 0 Å². The largest absolute Gasteiger partial charge is 0.399 e. The summed E-state index contributed by atoms with van der Waals surface area (Å²) in [4.78, 5) is 14.2. The molecule has 0 saturated carbocycles. The van der Waals surface area contributed by atoms with Gasteiger partial charge in [0, 0.05) is 25.2 Å². The van der Waals surface area contributed by atoms with Crippen molar-refractivity contribution in [2.45, 2.75) is 12.8 Å². The summed E-state index contributed by atoms with van der Waals surface area (Å²) in [7, 11) is 0. The number of nitrogen functional groups attached to an aromatic ring is 1. The summed E-state index contributed by atoms with van der Waals surface area (Å²) in [6.07, 6.45) is 3.70. The monoisotopic (exact) mass is 311 g/mol. The highest BCUT2D eigenvalue weighted by Gasteiger charge is 2.22. The second kappa shape index (κ2) is 7.66. The van der Waals surface area contributed by atoms with E-state index in [1.165, 1.54) is 30.4 Å². The predicted molar refractivity (Wildman–Crippen MR) is 87.0 cm³/mol. The van der Waals surface area contributed by atoms with Gasteiger partial charge in [0.25, 0.3) is 0 Å². The zero-order chi connectivity index (χ0) is 15.2. The molecular formula is C15H22FN3OS. The quantitative estimate of drug-likeness (QED) is 0.792. The van der Waals surface area contributed by atoms with Crippen molar-refractivity contribution in [1.29, 1.82) is 0 Å². The lowest BCUT2D eigenvalue weighted by molar-refractivity contribution is -0.116. The Labute approximate surface area is 129 Å². The van der Waals surface area contributed by atoms with Crippen molar-refractivity contribution in [2.24, 2.45) is 5.92 Å². The smallest absolute Gasteiger partial charge is 0.225 e. The highest BCUT2D eigenvalue weighted by atomic mass is 32.2. The Bertz CT molecular complexity index is 498. The summed E-state index contributed by atoms with van der Waals surface area (Å²) in [6, 6.07) is 4.18. The van der Waals surface area contributed by atoms with E-state index in [1.54, 1.807) is 0 Å². The normalized spacial score (nSPS) is 18.9. The first-order chi connectivity index (χ1) is 10.1. The zero-order valence-corrected chi connectivity index (χ0v) is 13.1. The molecule has 1 heterocycles. The van der Waals surface area contributed by atoms with Gasteiger partial charge in [-0.05, 0) is 49.1 Å². The number of nitrogens with two attached hydrogens (primary N) is 1. The van der Waals surface area contributed by atoms with E-state index in [1.807, 2.05) is 11.8 Å². The van der Waals surface area contributed by atoms with Crippen molar-refractivity contribution >= 4 is 29.0 Å². The lowest BCUT2D eigenvalue weighted by atomic mass is 10.2. The van der Waals surface area contributed by atoms with Crippen LogP contribution < -0.4 is 11.1 Å². The average molecular weight is 311 g/mol. The van der Waals surface area contributed by atoms with E-state index in [4.69, 9.17) is 5.73 Å². The van der Waals surface area contributed by atoms with Crippen molar-refractivity contribution in [3.05, 3.63) is 24.0 Å². The summed E-state index contributed by atoms with van der Waals surface area (Å²) in [5.74, 6) is 1.28. The van der Waals surface area contributed by atoms with Crippen molar-refractivity contribution in [3.63, 3.8) is 0 Å². The van der Waals surface area contributed by atoms with Crippen LogP contribution in [-0.2, 0) is 4.79 Å². The molecule has 0 radical (unpaired) electrons. The van der Waals surface area contributed by atoms with Crippen LogP contribution in [0.4, 0.5) is 15.8 Å². The van der Waals surface area contributed by atoms with E-state index in [-0.39, 0.29) is 11.6 Å². The topological polar surface area (TPSA) is 58.4 Å². The summed E-state index contributed by atoms with van der Waals surface area (Å²) in [5, 5.41) is 2.59. The molecule has 21 heavy (non-hydrogen) atoms. The molecule has 0 spiro atoms. The number of carbonyl (C=O) groups excluding carboxylic acids is 1. The number of nitrogens with one attached hydrogen (secondary N) is 1. The van der Waals surface area contributed by atoms with Crippen molar-refractivity contribution in [2.75, 3.05) is 42.7 Å². The van der Waals surface area contributed by atoms with Crippen LogP contribution in [0.25, 0.3) is 0 Å². The maximum absolute atomic E-state index is 13.5. The van der Waals surface area contributed by atoms with Crippen molar-refractivity contribution < 1.29 is 9.18 Å². The number of carbonyl (C=O) groups is 1. The molecule has 0 bridgehead atoms. The molecule has 116 valence electrons. The standard InChI is InChI=1S/C15H22FN3OS/c1-21-10-11-4-6-19(9-11)7-5-15(20)18-14-8-12(17)2-3-13(14)16/h2-3,8,11H,4-7,9-10,17H2,1H3,(H,18,20)/t11-/m1/s1. The van der Waals surface area contributed by atoms with E-state index < -0.39 is 5.82 Å². The number of rotatable bonds is 6. The molecule has 2 rings (SSSR count). The SMILES string of the molecule is CSC[C@@H]1CCN(CCC(=O)Nc2cc(N)ccc2F)C1. The van der Waals surface area contributed by atoms with Crippen LogP contribution in [-0.4, -0.2) is 42.4 Å². The molecule has 0 unspecified atom stereocenters. The molecule has 1 aromatic carbocycles. The van der Waals surface area contributed by atoms with Gasteiger partial charge in [-0.15, -0.1) is 0 Å². The third-order valence-corrected chi connectivity index (χ3v) is 4.50. The lowest BCUT2D eigenvalue weighted by Gasteiger charge is -2.15. The Morgan fingerprint density at radius 1 is 1.57 bits per heavy atom. The van der Waals surface area contributed by atoms with Gasteiger partial charge in [-0.3, -0.25) is 4.79 Å². The number of hydrogen-bond acceptors (Lipinski definition) is 4. The van der Waals surface area contributed by atoms with Crippen LogP contribution >= 0.6 is 11.8 Å². The predicted octanol–water partition coefficient (Wildman–Crippen LogP) is 2.42. The number of benzene rings is 1. The maximum Gasteiger partial charge on any atom is 0.225 e. The Morgan fingerprint density at radius 3 is 3.14 bits per heavy atom. The minimum absolute atomic E-state index is 0.154. The van der Waals surface area contributed by atoms with Crippen molar-refractivity contribution in [1.82, 2.24) is 4.90 Å². The number of nitrogens with zero attached hydrogens (tertiary/aromatic N) is 1. The molecule has 1 saturated heterocycles. The molecule has 3 N–H and O–H groups in total. The molecule has 1 fully saturated rings. The van der Waals surface area contributed by atoms with Crippen LogP contribution in [0.2, 0.25) is 0 Å². The van der Waals surface area contributed by atoms with E-state index in [0.717, 1.165) is 25.6 Å². The molecule has 6 heteroatoms. The fourth-order valence-corrected chi connectivity index (χ4v) is 3.34. The fraction of sp³-hybridized carbons (Fsp3) is 0.533. The van der Waals surface area contributed by atoms with Gasteiger partial charge in [0.2, 0.25) is 5.91 Å². The molecule has 1 atom stereocenters. The third-order valence-electron chi connectivity index (χ3n) is 3.69. The molecule has 1 aliphatic rings. The number of anilines is 2. The molecular weight excluding hydrogens is 289 g/mol. The first-order valence-corrected chi connectivity index (χ1v) is 8.54. The van der Waals surface area contributed by atoms with E-state index in [9.17, 15) is 9.18 Å². The molecule has 0 aliphatic carbocycles. The number of amides is 1. The highest BCUT2D eigenvalue weighted by molar-refractivity contribution is 7.98. The molecule has 1 amide bonds. The van der Waals surface area contributed by atoms with Crippen LogP contribution in [0.1, 0.15) is 12.8 Å². The van der Waals surface area contributed by atoms with E-state index in [2.05, 4.69) is 16.5 Å². The number of likely N-dealkylation sites (tertiary alicyclic amines) is 1. The Balaban J connectivity index is 1.76. The second-order valence-corrected chi connectivity index (χ2v) is 6.36. The lowest BCUT2D eigenvalue weighted by Crippen LogP contribution is -2.26. The van der Waals surface area contributed by atoms with Gasteiger partial charge >= 0.3 is 0 Å². The van der Waals surface area contributed by atoms with Crippen LogP contribution in [0.5, 0.6) is 0 Å². The molecule has 4 nitrogen and oxygen atoms in total. The van der Waals surface area contributed by atoms with Gasteiger partial charge in [0.05, 0.1) is 5.69 Å². The molecule has 0 aromatic heterocycles. The first-order valence-electron chi connectivity index (χ1n) is 7.14. The summed E-state index contributed by atoms with van der Waals surface area (Å²) in [5.41, 5.74) is 6.18. The first kappa shape index (κ1) is 16.1. The average Bonchev–Trinajstić information content (AvgIpc) is 2.89. The summed E-state index contributed by atoms with van der Waals surface area (Å²) < 4.78 is 13.5. The number of hydrogen-bond donors (Lipinski definition) is 2. The minimum Gasteiger partial charge on any atom is -0.399 e. The number of halogens is 1. The Kier molecular flexibility index (Phi) is 5.87. The zero-order valence-electron chi connectivity index (χ0n) is 12.3. The van der Waals surface area contributed by atoms with Gasteiger partial charge in [-0.2, -0.15) is 11.8 Å². The summed E-state index contributed by atoms with van der Waals surface area (Å²) in [6.45, 7) is 2.83. The van der Waals surface area contributed by atoms with Gasteiger partial charge in [-0.1, -0.05) is 0 Å².